The third-order valence-electron chi connectivity index (χ3n) is 3.80. The Bertz CT molecular complexity index is 970. The molecule has 0 radical (unpaired) electrons. The van der Waals surface area contributed by atoms with E-state index >= 15 is 0 Å². The molecule has 1 heterocycles. The molecule has 0 aromatic heterocycles. The molecule has 0 saturated carbocycles. The van der Waals surface area contributed by atoms with Crippen LogP contribution in [0.25, 0.3) is 6.08 Å². The van der Waals surface area contributed by atoms with Crippen molar-refractivity contribution in [1.82, 2.24) is 10.6 Å². The summed E-state index contributed by atoms with van der Waals surface area (Å²) in [6.07, 6.45) is 1.48. The topological polar surface area (TPSA) is 76.7 Å². The molecule has 2 amide bonds. The number of thiocarbonyl (C=S) groups is 1. The number of amides is 2. The lowest BCUT2D eigenvalue weighted by atomic mass is 10.1. The van der Waals surface area contributed by atoms with Gasteiger partial charge in [0.25, 0.3) is 11.8 Å². The Morgan fingerprint density at radius 3 is 2.39 bits per heavy atom. The molecule has 1 aliphatic heterocycles. The number of nitrogens with one attached hydrogen (secondary N) is 2. The highest BCUT2D eigenvalue weighted by Gasteiger charge is 2.26. The summed E-state index contributed by atoms with van der Waals surface area (Å²) in [5, 5.41) is 4.81. The van der Waals surface area contributed by atoms with Gasteiger partial charge in [-0.05, 0) is 76.3 Å². The van der Waals surface area contributed by atoms with E-state index in [-0.39, 0.29) is 10.7 Å². The molecule has 2 aromatic rings. The number of ether oxygens (including phenoxy) is 2. The maximum absolute atomic E-state index is 12.0. The molecule has 0 spiro atoms. The Morgan fingerprint density at radius 2 is 1.79 bits per heavy atom. The van der Waals surface area contributed by atoms with Gasteiger partial charge in [-0.2, -0.15) is 0 Å². The van der Waals surface area contributed by atoms with E-state index in [0.29, 0.717) is 23.7 Å². The van der Waals surface area contributed by atoms with Crippen LogP contribution in [-0.4, -0.2) is 24.0 Å². The quantitative estimate of drug-likeness (QED) is 0.248. The first-order chi connectivity index (χ1) is 13.4. The third kappa shape index (κ3) is 4.89. The molecule has 0 atom stereocenters. The van der Waals surface area contributed by atoms with Gasteiger partial charge in [0.15, 0.2) is 16.6 Å². The van der Waals surface area contributed by atoms with Crippen molar-refractivity contribution in [1.29, 1.82) is 0 Å². The van der Waals surface area contributed by atoms with Crippen LogP contribution in [0.1, 0.15) is 11.1 Å². The zero-order valence-electron chi connectivity index (χ0n) is 14.5. The van der Waals surface area contributed by atoms with Crippen molar-refractivity contribution in [2.75, 3.05) is 7.11 Å². The van der Waals surface area contributed by atoms with Gasteiger partial charge < -0.3 is 9.47 Å². The van der Waals surface area contributed by atoms with Crippen molar-refractivity contribution in [2.24, 2.45) is 0 Å². The molecule has 2 N–H and O–H groups in total. The number of rotatable bonds is 5. The Labute approximate surface area is 188 Å². The van der Waals surface area contributed by atoms with Gasteiger partial charge in [-0.3, -0.25) is 20.2 Å². The van der Waals surface area contributed by atoms with Crippen LogP contribution >= 0.6 is 50.7 Å². The van der Waals surface area contributed by atoms with Crippen molar-refractivity contribution in [3.05, 3.63) is 61.1 Å². The highest BCUT2D eigenvalue weighted by molar-refractivity contribution is 14.1. The summed E-state index contributed by atoms with van der Waals surface area (Å²) in [6.45, 7) is 0.377. The molecule has 2 aromatic carbocycles. The predicted molar refractivity (Wildman–Crippen MR) is 121 cm³/mol. The molecule has 0 aliphatic carbocycles. The summed E-state index contributed by atoms with van der Waals surface area (Å²) in [4.78, 5) is 24.0. The van der Waals surface area contributed by atoms with Gasteiger partial charge in [0.2, 0.25) is 0 Å². The third-order valence-corrected chi connectivity index (χ3v) is 5.34. The summed E-state index contributed by atoms with van der Waals surface area (Å²) < 4.78 is 13.2. The fourth-order valence-electron chi connectivity index (χ4n) is 2.47. The van der Waals surface area contributed by atoms with Crippen molar-refractivity contribution in [3.63, 3.8) is 0 Å². The highest BCUT2D eigenvalue weighted by atomic mass is 127. The van der Waals surface area contributed by atoms with E-state index in [2.05, 4.69) is 49.2 Å². The minimum absolute atomic E-state index is 0.00370. The summed E-state index contributed by atoms with van der Waals surface area (Å²) >= 11 is 10.3. The van der Waals surface area contributed by atoms with Crippen LogP contribution in [0.15, 0.2) is 46.4 Å². The largest absolute Gasteiger partial charge is 0.493 e. The first-order valence-corrected chi connectivity index (χ1v) is 10.3. The predicted octanol–water partition coefficient (Wildman–Crippen LogP) is 3.56. The van der Waals surface area contributed by atoms with Gasteiger partial charge in [0.1, 0.15) is 12.2 Å². The summed E-state index contributed by atoms with van der Waals surface area (Å²) in [6, 6.07) is 11.3. The lowest BCUT2D eigenvalue weighted by Gasteiger charge is -2.17. The van der Waals surface area contributed by atoms with Crippen molar-refractivity contribution < 1.29 is 19.1 Å². The van der Waals surface area contributed by atoms with Crippen molar-refractivity contribution in [3.8, 4) is 11.5 Å². The standard InChI is InChI=1S/C19H14BrIN2O4S/c1-26-15-8-11(6-13-17(24)22-19(28)23-18(13)25)7-14(21)16(15)27-9-10-2-4-12(20)5-3-10/h2-8H,9H2,1H3,(H2,22,23,24,25,28). The van der Waals surface area contributed by atoms with Crippen molar-refractivity contribution in [2.45, 2.75) is 6.61 Å². The fraction of sp³-hybridized carbons (Fsp3) is 0.105. The zero-order valence-corrected chi connectivity index (χ0v) is 19.1. The highest BCUT2D eigenvalue weighted by Crippen LogP contribution is 2.35. The minimum Gasteiger partial charge on any atom is -0.493 e. The maximum Gasteiger partial charge on any atom is 0.263 e. The summed E-state index contributed by atoms with van der Waals surface area (Å²) in [7, 11) is 1.54. The number of carbonyl (C=O) groups is 2. The van der Waals surface area contributed by atoms with E-state index in [1.165, 1.54) is 13.2 Å². The molecule has 144 valence electrons. The van der Waals surface area contributed by atoms with Gasteiger partial charge in [-0.15, -0.1) is 0 Å². The Balaban J connectivity index is 1.86. The molecule has 0 bridgehead atoms. The molecule has 9 heteroatoms. The van der Waals surface area contributed by atoms with E-state index in [4.69, 9.17) is 21.7 Å². The molecule has 6 nitrogen and oxygen atoms in total. The monoisotopic (exact) mass is 572 g/mol. The smallest absolute Gasteiger partial charge is 0.263 e. The van der Waals surface area contributed by atoms with Crippen LogP contribution in [0.2, 0.25) is 0 Å². The van der Waals surface area contributed by atoms with Crippen LogP contribution in [0, 0.1) is 3.57 Å². The Kier molecular flexibility index (Phi) is 6.68. The molecule has 28 heavy (non-hydrogen) atoms. The van der Waals surface area contributed by atoms with E-state index in [1.807, 2.05) is 24.3 Å². The van der Waals surface area contributed by atoms with Crippen LogP contribution in [0.3, 0.4) is 0 Å². The molecule has 3 rings (SSSR count). The number of hydrogen-bond acceptors (Lipinski definition) is 5. The average molecular weight is 573 g/mol. The van der Waals surface area contributed by atoms with E-state index in [9.17, 15) is 9.59 Å². The lowest BCUT2D eigenvalue weighted by molar-refractivity contribution is -0.123. The number of hydrogen-bond donors (Lipinski definition) is 2. The summed E-state index contributed by atoms with van der Waals surface area (Å²) in [5.74, 6) is 0.00600. The van der Waals surface area contributed by atoms with E-state index in [1.54, 1.807) is 12.1 Å². The van der Waals surface area contributed by atoms with Gasteiger partial charge in [0, 0.05) is 4.47 Å². The number of benzene rings is 2. The Morgan fingerprint density at radius 1 is 1.14 bits per heavy atom. The van der Waals surface area contributed by atoms with Crippen LogP contribution in [0.5, 0.6) is 11.5 Å². The molecule has 1 saturated heterocycles. The molecular formula is C19H14BrIN2O4S. The number of methoxy groups -OCH3 is 1. The lowest BCUT2D eigenvalue weighted by Crippen LogP contribution is -2.51. The van der Waals surface area contributed by atoms with E-state index < -0.39 is 11.8 Å². The number of halogens is 2. The summed E-state index contributed by atoms with van der Waals surface area (Å²) in [5.41, 5.74) is 1.61. The van der Waals surface area contributed by atoms with Crippen molar-refractivity contribution >= 4 is 73.7 Å². The second kappa shape index (κ2) is 9.01. The second-order valence-electron chi connectivity index (χ2n) is 5.74. The molecule has 1 aliphatic rings. The van der Waals surface area contributed by atoms with Gasteiger partial charge in [0.05, 0.1) is 10.7 Å². The maximum atomic E-state index is 12.0. The second-order valence-corrected chi connectivity index (χ2v) is 8.23. The average Bonchev–Trinajstić information content (AvgIpc) is 2.64. The van der Waals surface area contributed by atoms with Crippen LogP contribution < -0.4 is 20.1 Å². The fourth-order valence-corrected chi connectivity index (χ4v) is 3.70. The first-order valence-electron chi connectivity index (χ1n) is 8.00. The molecule has 1 fully saturated rings. The van der Waals surface area contributed by atoms with Crippen LogP contribution in [-0.2, 0) is 16.2 Å². The minimum atomic E-state index is -0.543. The zero-order chi connectivity index (χ0) is 20.3. The molecular weight excluding hydrogens is 559 g/mol. The van der Waals surface area contributed by atoms with Gasteiger partial charge in [-0.1, -0.05) is 28.1 Å². The number of carbonyl (C=O) groups excluding carboxylic acids is 2. The SMILES string of the molecule is COc1cc(C=C2C(=O)NC(=S)NC2=O)cc(I)c1OCc1ccc(Br)cc1. The Hall–Kier alpha value is -1.98. The van der Waals surface area contributed by atoms with Crippen LogP contribution in [0.4, 0.5) is 0 Å². The normalized spacial score (nSPS) is 13.7. The van der Waals surface area contributed by atoms with Gasteiger partial charge in [-0.25, -0.2) is 0 Å². The van der Waals surface area contributed by atoms with E-state index in [0.717, 1.165) is 13.6 Å². The molecule has 0 unspecified atom stereocenters. The van der Waals surface area contributed by atoms with Gasteiger partial charge >= 0.3 is 0 Å². The first kappa shape index (κ1) is 20.7.